The summed E-state index contributed by atoms with van der Waals surface area (Å²) in [4.78, 5) is 4.58. The van der Waals surface area contributed by atoms with Crippen LogP contribution in [0.15, 0.2) is 36.4 Å². The number of benzene rings is 1. The summed E-state index contributed by atoms with van der Waals surface area (Å²) in [6, 6.07) is 11.9. The molecule has 0 aliphatic rings. The molecule has 0 spiro atoms. The van der Waals surface area contributed by atoms with Gasteiger partial charge >= 0.3 is 0 Å². The summed E-state index contributed by atoms with van der Waals surface area (Å²) in [7, 11) is 0. The second-order valence-corrected chi connectivity index (χ2v) is 4.07. The second kappa shape index (κ2) is 4.19. The fourth-order valence-electron chi connectivity index (χ4n) is 2.04. The minimum absolute atomic E-state index is 0.356. The van der Waals surface area contributed by atoms with E-state index in [-0.39, 0.29) is 0 Å². The maximum Gasteiger partial charge on any atom is 0.164 e. The summed E-state index contributed by atoms with van der Waals surface area (Å²) in [5.74, 6) is 1.58. The first-order chi connectivity index (χ1) is 8.79. The zero-order valence-electron chi connectivity index (χ0n) is 10.0. The van der Waals surface area contributed by atoms with Crippen molar-refractivity contribution in [2.24, 2.45) is 5.73 Å². The van der Waals surface area contributed by atoms with Crippen molar-refractivity contribution < 1.29 is 0 Å². The van der Waals surface area contributed by atoms with Crippen LogP contribution >= 0.6 is 0 Å². The normalized spacial score (nSPS) is 11.0. The molecular formula is C13H13N5. The quantitative estimate of drug-likeness (QED) is 0.736. The van der Waals surface area contributed by atoms with Crippen LogP contribution in [0.5, 0.6) is 0 Å². The van der Waals surface area contributed by atoms with Crippen LogP contribution in [0.4, 0.5) is 0 Å². The van der Waals surface area contributed by atoms with Crippen LogP contribution in [0.2, 0.25) is 0 Å². The molecule has 5 heteroatoms. The van der Waals surface area contributed by atoms with Crippen molar-refractivity contribution in [2.45, 2.75) is 13.5 Å². The van der Waals surface area contributed by atoms with Crippen LogP contribution in [0.25, 0.3) is 16.9 Å². The van der Waals surface area contributed by atoms with Crippen LogP contribution in [0, 0.1) is 6.92 Å². The number of aromatic nitrogens is 4. The average Bonchev–Trinajstić information content (AvgIpc) is 2.83. The summed E-state index contributed by atoms with van der Waals surface area (Å²) in [6.45, 7) is 2.29. The molecule has 0 radical (unpaired) electrons. The molecule has 2 aromatic heterocycles. The first-order valence-corrected chi connectivity index (χ1v) is 5.77. The lowest BCUT2D eigenvalue weighted by molar-refractivity contribution is 0.848. The fraction of sp³-hybridized carbons (Fsp3) is 0.154. The average molecular weight is 239 g/mol. The standard InChI is InChI=1S/C13H13N5/c1-9-15-11(10-5-3-2-4-6-10)7-12-16-17-13(8-14)18(9)12/h2-7H,8,14H2,1H3. The Labute approximate surface area is 104 Å². The minimum Gasteiger partial charge on any atom is -0.324 e. The van der Waals surface area contributed by atoms with E-state index in [9.17, 15) is 0 Å². The lowest BCUT2D eigenvalue weighted by Crippen LogP contribution is -2.06. The largest absolute Gasteiger partial charge is 0.324 e. The molecule has 0 bridgehead atoms. The smallest absolute Gasteiger partial charge is 0.164 e. The Morgan fingerprint density at radius 3 is 2.67 bits per heavy atom. The summed E-state index contributed by atoms with van der Waals surface area (Å²) >= 11 is 0. The summed E-state index contributed by atoms with van der Waals surface area (Å²) in [5, 5.41) is 8.19. The maximum absolute atomic E-state index is 5.63. The SMILES string of the molecule is Cc1nc(-c2ccccc2)cc2nnc(CN)n12. The van der Waals surface area contributed by atoms with Crippen molar-refractivity contribution in [3.8, 4) is 11.3 Å². The van der Waals surface area contributed by atoms with E-state index in [2.05, 4.69) is 15.2 Å². The highest BCUT2D eigenvalue weighted by atomic mass is 15.3. The molecule has 5 nitrogen and oxygen atoms in total. The number of hydrogen-bond acceptors (Lipinski definition) is 4. The highest BCUT2D eigenvalue weighted by Gasteiger charge is 2.09. The Morgan fingerprint density at radius 2 is 1.94 bits per heavy atom. The van der Waals surface area contributed by atoms with Crippen LogP contribution in [-0.4, -0.2) is 19.6 Å². The number of nitrogens with two attached hydrogens (primary N) is 1. The molecule has 0 aliphatic heterocycles. The van der Waals surface area contributed by atoms with Gasteiger partial charge in [0.15, 0.2) is 11.5 Å². The molecule has 3 aromatic rings. The van der Waals surface area contributed by atoms with Crippen LogP contribution < -0.4 is 5.73 Å². The molecule has 0 saturated carbocycles. The first kappa shape index (κ1) is 10.9. The van der Waals surface area contributed by atoms with Gasteiger partial charge in [-0.2, -0.15) is 0 Å². The number of rotatable bonds is 2. The van der Waals surface area contributed by atoms with E-state index in [4.69, 9.17) is 5.73 Å². The number of aryl methyl sites for hydroxylation is 1. The third-order valence-electron chi connectivity index (χ3n) is 2.88. The molecular weight excluding hydrogens is 226 g/mol. The van der Waals surface area contributed by atoms with Crippen molar-refractivity contribution in [2.75, 3.05) is 0 Å². The van der Waals surface area contributed by atoms with Gasteiger partial charge in [-0.15, -0.1) is 10.2 Å². The van der Waals surface area contributed by atoms with Gasteiger partial charge in [0.25, 0.3) is 0 Å². The molecule has 0 saturated heterocycles. The Kier molecular flexibility index (Phi) is 2.53. The Bertz CT molecular complexity index is 687. The monoisotopic (exact) mass is 239 g/mol. The second-order valence-electron chi connectivity index (χ2n) is 4.07. The Morgan fingerprint density at radius 1 is 1.17 bits per heavy atom. The third kappa shape index (κ3) is 1.65. The molecule has 0 atom stereocenters. The van der Waals surface area contributed by atoms with Crippen molar-refractivity contribution in [3.63, 3.8) is 0 Å². The van der Waals surface area contributed by atoms with E-state index < -0.39 is 0 Å². The lowest BCUT2D eigenvalue weighted by Gasteiger charge is -2.05. The predicted molar refractivity (Wildman–Crippen MR) is 68.8 cm³/mol. The molecule has 0 unspecified atom stereocenters. The summed E-state index contributed by atoms with van der Waals surface area (Å²) in [6.07, 6.45) is 0. The summed E-state index contributed by atoms with van der Waals surface area (Å²) < 4.78 is 1.88. The van der Waals surface area contributed by atoms with Crippen molar-refractivity contribution in [1.82, 2.24) is 19.6 Å². The van der Waals surface area contributed by atoms with Gasteiger partial charge in [-0.05, 0) is 6.92 Å². The fourth-order valence-corrected chi connectivity index (χ4v) is 2.04. The van der Waals surface area contributed by atoms with Crippen LogP contribution in [0.3, 0.4) is 0 Å². The number of fused-ring (bicyclic) bond motifs is 1. The van der Waals surface area contributed by atoms with Gasteiger partial charge in [-0.25, -0.2) is 4.98 Å². The van der Waals surface area contributed by atoms with E-state index in [0.717, 1.165) is 28.6 Å². The molecule has 0 fully saturated rings. The highest BCUT2D eigenvalue weighted by Crippen LogP contribution is 2.19. The van der Waals surface area contributed by atoms with Crippen molar-refractivity contribution >= 4 is 5.65 Å². The number of nitrogens with zero attached hydrogens (tertiary/aromatic N) is 4. The molecule has 90 valence electrons. The molecule has 18 heavy (non-hydrogen) atoms. The Hall–Kier alpha value is -2.27. The van der Waals surface area contributed by atoms with Gasteiger partial charge < -0.3 is 5.73 Å². The van der Waals surface area contributed by atoms with E-state index in [1.54, 1.807) is 0 Å². The highest BCUT2D eigenvalue weighted by molar-refractivity contribution is 5.63. The zero-order valence-corrected chi connectivity index (χ0v) is 10.0. The van der Waals surface area contributed by atoms with Gasteiger partial charge in [-0.3, -0.25) is 4.40 Å². The molecule has 2 N–H and O–H groups in total. The van der Waals surface area contributed by atoms with Crippen LogP contribution in [0.1, 0.15) is 11.6 Å². The van der Waals surface area contributed by atoms with Gasteiger partial charge in [-0.1, -0.05) is 30.3 Å². The Balaban J connectivity index is 2.23. The van der Waals surface area contributed by atoms with E-state index in [1.807, 2.05) is 47.7 Å². The molecule has 0 amide bonds. The third-order valence-corrected chi connectivity index (χ3v) is 2.88. The lowest BCUT2D eigenvalue weighted by atomic mass is 10.1. The van der Waals surface area contributed by atoms with E-state index >= 15 is 0 Å². The van der Waals surface area contributed by atoms with Crippen LogP contribution in [-0.2, 0) is 6.54 Å². The molecule has 2 heterocycles. The zero-order chi connectivity index (χ0) is 12.5. The van der Waals surface area contributed by atoms with Gasteiger partial charge in [0, 0.05) is 11.6 Å². The van der Waals surface area contributed by atoms with Gasteiger partial charge in [0.05, 0.1) is 12.2 Å². The topological polar surface area (TPSA) is 69.1 Å². The molecule has 0 aliphatic carbocycles. The van der Waals surface area contributed by atoms with Crippen molar-refractivity contribution in [3.05, 3.63) is 48.0 Å². The number of hydrogen-bond donors (Lipinski definition) is 1. The van der Waals surface area contributed by atoms with E-state index in [1.165, 1.54) is 0 Å². The first-order valence-electron chi connectivity index (χ1n) is 5.77. The van der Waals surface area contributed by atoms with Crippen molar-refractivity contribution in [1.29, 1.82) is 0 Å². The summed E-state index contributed by atoms with van der Waals surface area (Å²) in [5.41, 5.74) is 8.38. The van der Waals surface area contributed by atoms with Gasteiger partial charge in [0.2, 0.25) is 0 Å². The van der Waals surface area contributed by atoms with E-state index in [0.29, 0.717) is 6.54 Å². The minimum atomic E-state index is 0.356. The molecule has 3 rings (SSSR count). The predicted octanol–water partition coefficient (Wildman–Crippen LogP) is 1.56. The van der Waals surface area contributed by atoms with Gasteiger partial charge in [0.1, 0.15) is 5.82 Å². The maximum atomic E-state index is 5.63. The molecule has 1 aromatic carbocycles.